The maximum absolute atomic E-state index is 12.3. The SMILES string of the molecule is O=C(NC[C@@H]1CCCO1)N1CCC(n2c(=O)[nH]c3ccccc32)CC1. The molecule has 1 aromatic heterocycles. The fourth-order valence-corrected chi connectivity index (χ4v) is 3.88. The molecule has 2 amide bonds. The van der Waals surface area contributed by atoms with Gasteiger partial charge in [-0.05, 0) is 37.8 Å². The Morgan fingerprint density at radius 1 is 1.24 bits per heavy atom. The van der Waals surface area contributed by atoms with Gasteiger partial charge in [0, 0.05) is 32.3 Å². The Morgan fingerprint density at radius 2 is 2.04 bits per heavy atom. The molecule has 4 rings (SSSR count). The molecule has 7 nitrogen and oxygen atoms in total. The Hall–Kier alpha value is -2.28. The number of ether oxygens (including phenoxy) is 1. The number of para-hydroxylation sites is 2. The summed E-state index contributed by atoms with van der Waals surface area (Å²) in [5.41, 5.74) is 1.74. The number of urea groups is 1. The second-order valence-electron chi connectivity index (χ2n) is 6.86. The van der Waals surface area contributed by atoms with Crippen molar-refractivity contribution in [3.63, 3.8) is 0 Å². The monoisotopic (exact) mass is 344 g/mol. The zero-order valence-corrected chi connectivity index (χ0v) is 14.2. The van der Waals surface area contributed by atoms with Crippen LogP contribution in [0.3, 0.4) is 0 Å². The highest BCUT2D eigenvalue weighted by Gasteiger charge is 2.26. The van der Waals surface area contributed by atoms with Gasteiger partial charge in [-0.2, -0.15) is 0 Å². The lowest BCUT2D eigenvalue weighted by atomic mass is 10.0. The second-order valence-corrected chi connectivity index (χ2v) is 6.86. The van der Waals surface area contributed by atoms with Gasteiger partial charge in [-0.25, -0.2) is 9.59 Å². The summed E-state index contributed by atoms with van der Waals surface area (Å²) in [6, 6.07) is 7.85. The van der Waals surface area contributed by atoms with Crippen LogP contribution >= 0.6 is 0 Å². The first kappa shape index (κ1) is 16.2. The molecule has 0 radical (unpaired) electrons. The van der Waals surface area contributed by atoms with Gasteiger partial charge in [0.2, 0.25) is 0 Å². The van der Waals surface area contributed by atoms with Gasteiger partial charge in [-0.3, -0.25) is 4.57 Å². The number of nitrogens with zero attached hydrogens (tertiary/aromatic N) is 2. The molecule has 1 aromatic carbocycles. The zero-order chi connectivity index (χ0) is 17.2. The predicted octanol–water partition coefficient (Wildman–Crippen LogP) is 1.86. The Kier molecular flexibility index (Phi) is 4.48. The molecule has 0 unspecified atom stereocenters. The van der Waals surface area contributed by atoms with Crippen molar-refractivity contribution in [1.29, 1.82) is 0 Å². The van der Waals surface area contributed by atoms with E-state index in [9.17, 15) is 9.59 Å². The largest absolute Gasteiger partial charge is 0.376 e. The highest BCUT2D eigenvalue weighted by atomic mass is 16.5. The molecule has 0 spiro atoms. The Balaban J connectivity index is 1.37. The van der Waals surface area contributed by atoms with Crippen LogP contribution in [0.25, 0.3) is 11.0 Å². The number of fused-ring (bicyclic) bond motifs is 1. The molecule has 2 N–H and O–H groups in total. The van der Waals surface area contributed by atoms with E-state index in [1.54, 1.807) is 0 Å². The first-order chi connectivity index (χ1) is 12.2. The molecule has 2 aliphatic rings. The Bertz CT molecular complexity index is 798. The van der Waals surface area contributed by atoms with E-state index in [1.807, 2.05) is 33.7 Å². The minimum Gasteiger partial charge on any atom is -0.376 e. The maximum Gasteiger partial charge on any atom is 0.326 e. The molecular weight excluding hydrogens is 320 g/mol. The summed E-state index contributed by atoms with van der Waals surface area (Å²) in [5.74, 6) is 0. The van der Waals surface area contributed by atoms with Crippen molar-refractivity contribution in [1.82, 2.24) is 19.8 Å². The normalized spacial score (nSPS) is 21.8. The van der Waals surface area contributed by atoms with Crippen molar-refractivity contribution in [3.8, 4) is 0 Å². The second kappa shape index (κ2) is 6.92. The number of imidazole rings is 1. The molecule has 0 aliphatic carbocycles. The fraction of sp³-hybridized carbons (Fsp3) is 0.556. The van der Waals surface area contributed by atoms with Crippen LogP contribution in [0.4, 0.5) is 4.79 Å². The average Bonchev–Trinajstić information content (AvgIpc) is 3.26. The third-order valence-corrected chi connectivity index (χ3v) is 5.25. The van der Waals surface area contributed by atoms with Crippen LogP contribution in [0.15, 0.2) is 29.1 Å². The van der Waals surface area contributed by atoms with E-state index in [-0.39, 0.29) is 23.9 Å². The number of carbonyl (C=O) groups excluding carboxylic acids is 1. The van der Waals surface area contributed by atoms with Gasteiger partial charge >= 0.3 is 11.7 Å². The first-order valence-corrected chi connectivity index (χ1v) is 9.06. The molecule has 25 heavy (non-hydrogen) atoms. The number of piperidine rings is 1. The number of aromatic nitrogens is 2. The molecule has 0 bridgehead atoms. The van der Waals surface area contributed by atoms with E-state index in [0.717, 1.165) is 43.3 Å². The van der Waals surface area contributed by atoms with E-state index in [2.05, 4.69) is 10.3 Å². The number of carbonyl (C=O) groups is 1. The summed E-state index contributed by atoms with van der Waals surface area (Å²) < 4.78 is 7.38. The lowest BCUT2D eigenvalue weighted by Gasteiger charge is -2.32. The standard InChI is InChI=1S/C18H24N4O3/c23-17(19-12-14-4-3-11-25-14)21-9-7-13(8-10-21)22-16-6-2-1-5-15(16)20-18(22)24/h1-2,5-6,13-14H,3-4,7-12H2,(H,19,23)(H,20,24)/t14-/m0/s1. The van der Waals surface area contributed by atoms with E-state index in [0.29, 0.717) is 19.6 Å². The first-order valence-electron chi connectivity index (χ1n) is 9.06. The van der Waals surface area contributed by atoms with E-state index >= 15 is 0 Å². The van der Waals surface area contributed by atoms with Gasteiger partial charge in [-0.1, -0.05) is 12.1 Å². The van der Waals surface area contributed by atoms with Crippen molar-refractivity contribution in [2.45, 2.75) is 37.8 Å². The number of likely N-dealkylation sites (tertiary alicyclic amines) is 1. The van der Waals surface area contributed by atoms with Gasteiger partial charge < -0.3 is 19.9 Å². The summed E-state index contributed by atoms with van der Waals surface area (Å²) in [4.78, 5) is 29.4. The highest BCUT2D eigenvalue weighted by molar-refractivity contribution is 5.75. The van der Waals surface area contributed by atoms with Crippen LogP contribution in [-0.2, 0) is 4.74 Å². The number of rotatable bonds is 3. The number of nitrogens with one attached hydrogen (secondary N) is 2. The zero-order valence-electron chi connectivity index (χ0n) is 14.2. The van der Waals surface area contributed by atoms with E-state index in [4.69, 9.17) is 4.74 Å². The number of amides is 2. The van der Waals surface area contributed by atoms with Crippen molar-refractivity contribution < 1.29 is 9.53 Å². The molecule has 7 heteroatoms. The predicted molar refractivity (Wildman–Crippen MR) is 94.8 cm³/mol. The van der Waals surface area contributed by atoms with Crippen LogP contribution in [0, 0.1) is 0 Å². The number of H-pyrrole nitrogens is 1. The Labute approximate surface area is 146 Å². The third kappa shape index (κ3) is 3.28. The lowest BCUT2D eigenvalue weighted by Crippen LogP contribution is -2.47. The van der Waals surface area contributed by atoms with Crippen molar-refractivity contribution >= 4 is 17.1 Å². The number of aromatic amines is 1. The van der Waals surface area contributed by atoms with Crippen molar-refractivity contribution in [2.24, 2.45) is 0 Å². The minimum absolute atomic E-state index is 0.0276. The van der Waals surface area contributed by atoms with Gasteiger partial charge in [-0.15, -0.1) is 0 Å². The molecular formula is C18H24N4O3. The molecule has 3 heterocycles. The van der Waals surface area contributed by atoms with Crippen LogP contribution in [-0.4, -0.2) is 52.8 Å². The quantitative estimate of drug-likeness (QED) is 0.892. The molecule has 134 valence electrons. The van der Waals surface area contributed by atoms with Crippen LogP contribution in [0.5, 0.6) is 0 Å². The number of hydrogen-bond donors (Lipinski definition) is 2. The number of hydrogen-bond acceptors (Lipinski definition) is 3. The third-order valence-electron chi connectivity index (χ3n) is 5.25. The van der Waals surface area contributed by atoms with E-state index < -0.39 is 0 Å². The summed E-state index contributed by atoms with van der Waals surface area (Å²) in [6.07, 6.45) is 3.83. The summed E-state index contributed by atoms with van der Waals surface area (Å²) in [7, 11) is 0. The summed E-state index contributed by atoms with van der Waals surface area (Å²) in [6.45, 7) is 2.70. The molecule has 2 saturated heterocycles. The molecule has 2 aromatic rings. The van der Waals surface area contributed by atoms with Gasteiger partial charge in [0.25, 0.3) is 0 Å². The Morgan fingerprint density at radius 3 is 2.80 bits per heavy atom. The smallest absolute Gasteiger partial charge is 0.326 e. The van der Waals surface area contributed by atoms with Crippen LogP contribution in [0.2, 0.25) is 0 Å². The molecule has 2 aliphatic heterocycles. The molecule has 0 saturated carbocycles. The van der Waals surface area contributed by atoms with Crippen LogP contribution < -0.4 is 11.0 Å². The summed E-state index contributed by atoms with van der Waals surface area (Å²) in [5, 5.41) is 2.97. The van der Waals surface area contributed by atoms with E-state index in [1.165, 1.54) is 0 Å². The topological polar surface area (TPSA) is 79.4 Å². The maximum atomic E-state index is 12.3. The highest BCUT2D eigenvalue weighted by Crippen LogP contribution is 2.24. The lowest BCUT2D eigenvalue weighted by molar-refractivity contribution is 0.107. The van der Waals surface area contributed by atoms with Gasteiger partial charge in [0.1, 0.15) is 0 Å². The van der Waals surface area contributed by atoms with Gasteiger partial charge in [0.05, 0.1) is 17.1 Å². The minimum atomic E-state index is -0.0671. The van der Waals surface area contributed by atoms with Crippen LogP contribution in [0.1, 0.15) is 31.7 Å². The number of benzene rings is 1. The summed E-state index contributed by atoms with van der Waals surface area (Å²) >= 11 is 0. The molecule has 2 fully saturated rings. The average molecular weight is 344 g/mol. The van der Waals surface area contributed by atoms with Crippen molar-refractivity contribution in [3.05, 3.63) is 34.7 Å². The van der Waals surface area contributed by atoms with Gasteiger partial charge in [0.15, 0.2) is 0 Å². The fourth-order valence-electron chi connectivity index (χ4n) is 3.88. The molecule has 1 atom stereocenters. The van der Waals surface area contributed by atoms with Crippen molar-refractivity contribution in [2.75, 3.05) is 26.2 Å².